The molecule has 1 saturated heterocycles. The second-order valence-electron chi connectivity index (χ2n) is 8.70. The van der Waals surface area contributed by atoms with E-state index in [1.54, 1.807) is 0 Å². The lowest BCUT2D eigenvalue weighted by Gasteiger charge is -2.33. The summed E-state index contributed by atoms with van der Waals surface area (Å²) in [6, 6.07) is 16.4. The highest BCUT2D eigenvalue weighted by Crippen LogP contribution is 2.31. The van der Waals surface area contributed by atoms with E-state index in [-0.39, 0.29) is 5.91 Å². The Hall–Kier alpha value is -2.21. The minimum absolute atomic E-state index is 0.173. The van der Waals surface area contributed by atoms with E-state index < -0.39 is 6.10 Å². The van der Waals surface area contributed by atoms with Gasteiger partial charge in [-0.05, 0) is 48.4 Å². The monoisotopic (exact) mass is 422 g/mol. The highest BCUT2D eigenvalue weighted by Gasteiger charge is 2.25. The van der Waals surface area contributed by atoms with E-state index in [2.05, 4.69) is 23.1 Å². The fourth-order valence-corrected chi connectivity index (χ4v) is 4.67. The third kappa shape index (κ3) is 5.53. The number of hydrogen-bond donors (Lipinski definition) is 1. The van der Waals surface area contributed by atoms with Crippen LogP contribution in [-0.4, -0.2) is 48.2 Å². The Labute approximate surface area is 185 Å². The number of β-amino-alcohol motifs (C(OH)–C–C–N with tert-alkyl or cyclic N) is 1. The lowest BCUT2D eigenvalue weighted by molar-refractivity contribution is -0.118. The zero-order valence-electron chi connectivity index (χ0n) is 18.5. The van der Waals surface area contributed by atoms with Crippen LogP contribution in [0.25, 0.3) is 0 Å². The minimum Gasteiger partial charge on any atom is -0.387 e. The molecule has 1 unspecified atom stereocenters. The van der Waals surface area contributed by atoms with Gasteiger partial charge in [0.2, 0.25) is 5.91 Å². The molecular weight excluding hydrogens is 388 g/mol. The molecule has 4 rings (SSSR count). The Morgan fingerprint density at radius 2 is 1.90 bits per heavy atom. The van der Waals surface area contributed by atoms with Crippen molar-refractivity contribution in [2.24, 2.45) is 0 Å². The number of carbonyl (C=O) groups is 1. The number of anilines is 1. The van der Waals surface area contributed by atoms with E-state index in [1.807, 2.05) is 42.2 Å². The van der Waals surface area contributed by atoms with Crippen molar-refractivity contribution >= 4 is 11.6 Å². The molecule has 1 N–H and O–H groups in total. The number of likely N-dealkylation sites (tertiary alicyclic amines) is 1. The predicted octanol–water partition coefficient (Wildman–Crippen LogP) is 4.09. The summed E-state index contributed by atoms with van der Waals surface area (Å²) in [7, 11) is 0. The summed E-state index contributed by atoms with van der Waals surface area (Å²) in [6.45, 7) is 5.90. The van der Waals surface area contributed by atoms with E-state index in [1.165, 1.54) is 11.1 Å². The molecule has 1 atom stereocenters. The molecule has 2 aromatic rings. The number of piperidine rings is 1. The fraction of sp³-hybridized carbons (Fsp3) is 0.500. The van der Waals surface area contributed by atoms with Crippen molar-refractivity contribution in [2.45, 2.75) is 57.8 Å². The van der Waals surface area contributed by atoms with Gasteiger partial charge in [-0.25, -0.2) is 0 Å². The number of carbonyl (C=O) groups excluding carboxylic acids is 1. The van der Waals surface area contributed by atoms with Gasteiger partial charge in [0.15, 0.2) is 0 Å². The van der Waals surface area contributed by atoms with Crippen LogP contribution in [0, 0.1) is 0 Å². The first-order chi connectivity index (χ1) is 15.1. The Morgan fingerprint density at radius 1 is 1.13 bits per heavy atom. The molecule has 1 fully saturated rings. The smallest absolute Gasteiger partial charge is 0.226 e. The number of aliphatic hydroxyl groups is 1. The van der Waals surface area contributed by atoms with Crippen LogP contribution in [0.2, 0.25) is 0 Å². The molecule has 0 bridgehead atoms. The van der Waals surface area contributed by atoms with Crippen LogP contribution in [-0.2, 0) is 22.6 Å². The first-order valence-electron chi connectivity index (χ1n) is 11.6. The number of aryl methyl sites for hydroxylation is 1. The first-order valence-corrected chi connectivity index (χ1v) is 11.6. The van der Waals surface area contributed by atoms with Crippen molar-refractivity contribution in [3.05, 3.63) is 65.2 Å². The van der Waals surface area contributed by atoms with Crippen molar-refractivity contribution in [3.8, 4) is 0 Å². The third-order valence-electron chi connectivity index (χ3n) is 6.50. The van der Waals surface area contributed by atoms with Gasteiger partial charge < -0.3 is 19.6 Å². The standard InChI is InChI=1S/C26H34N2O3/c1-2-26(30)28-14-6-9-21-17-22(10-11-24(21)28)25(29)18-27-15-12-23(13-16-27)31-19-20-7-4-3-5-8-20/h3-5,7-8,10-11,17,23,25,29H,2,6,9,12-16,18-19H2,1H3. The van der Waals surface area contributed by atoms with Crippen molar-refractivity contribution in [3.63, 3.8) is 0 Å². The molecule has 0 radical (unpaired) electrons. The van der Waals surface area contributed by atoms with Gasteiger partial charge in [0, 0.05) is 38.3 Å². The van der Waals surface area contributed by atoms with Crippen LogP contribution < -0.4 is 4.90 Å². The third-order valence-corrected chi connectivity index (χ3v) is 6.50. The van der Waals surface area contributed by atoms with E-state index >= 15 is 0 Å². The molecule has 5 nitrogen and oxygen atoms in total. The second kappa shape index (κ2) is 10.4. The topological polar surface area (TPSA) is 53.0 Å². The fourth-order valence-electron chi connectivity index (χ4n) is 4.67. The molecule has 2 aliphatic rings. The van der Waals surface area contributed by atoms with Crippen LogP contribution >= 0.6 is 0 Å². The lowest BCUT2D eigenvalue weighted by atomic mass is 9.96. The number of nitrogens with zero attached hydrogens (tertiary/aromatic N) is 2. The largest absolute Gasteiger partial charge is 0.387 e. The van der Waals surface area contributed by atoms with Gasteiger partial charge in [0.1, 0.15) is 0 Å². The Kier molecular flexibility index (Phi) is 7.38. The first kappa shape index (κ1) is 22.0. The van der Waals surface area contributed by atoms with E-state index in [0.29, 0.717) is 25.7 Å². The number of hydrogen-bond acceptors (Lipinski definition) is 4. The highest BCUT2D eigenvalue weighted by atomic mass is 16.5. The molecule has 2 aromatic carbocycles. The van der Waals surface area contributed by atoms with Crippen molar-refractivity contribution in [2.75, 3.05) is 31.1 Å². The molecule has 0 aromatic heterocycles. The van der Waals surface area contributed by atoms with Crippen LogP contribution in [0.5, 0.6) is 0 Å². The van der Waals surface area contributed by atoms with Crippen LogP contribution in [0.15, 0.2) is 48.5 Å². The number of aliphatic hydroxyl groups excluding tert-OH is 1. The Balaban J connectivity index is 1.28. The predicted molar refractivity (Wildman–Crippen MR) is 123 cm³/mol. The molecule has 0 spiro atoms. The van der Waals surface area contributed by atoms with Crippen molar-refractivity contribution < 1.29 is 14.6 Å². The molecule has 1 amide bonds. The van der Waals surface area contributed by atoms with E-state index in [0.717, 1.165) is 56.6 Å². The molecule has 166 valence electrons. The maximum atomic E-state index is 12.2. The minimum atomic E-state index is -0.510. The molecule has 5 heteroatoms. The zero-order chi connectivity index (χ0) is 21.6. The highest BCUT2D eigenvalue weighted by molar-refractivity contribution is 5.94. The zero-order valence-corrected chi connectivity index (χ0v) is 18.5. The summed E-state index contributed by atoms with van der Waals surface area (Å²) in [5.41, 5.74) is 4.36. The average Bonchev–Trinajstić information content (AvgIpc) is 2.83. The van der Waals surface area contributed by atoms with E-state index in [4.69, 9.17) is 4.74 Å². The maximum absolute atomic E-state index is 12.2. The van der Waals surface area contributed by atoms with Crippen molar-refractivity contribution in [1.29, 1.82) is 0 Å². The molecular formula is C26H34N2O3. The summed E-state index contributed by atoms with van der Waals surface area (Å²) in [5, 5.41) is 10.9. The van der Waals surface area contributed by atoms with Crippen molar-refractivity contribution in [1.82, 2.24) is 4.90 Å². The maximum Gasteiger partial charge on any atom is 0.226 e. The van der Waals surface area contributed by atoms with Gasteiger partial charge in [-0.1, -0.05) is 49.4 Å². The molecule has 0 aliphatic carbocycles. The van der Waals surface area contributed by atoms with Gasteiger partial charge in [-0.2, -0.15) is 0 Å². The second-order valence-corrected chi connectivity index (χ2v) is 8.70. The number of amides is 1. The van der Waals surface area contributed by atoms with Gasteiger partial charge in [0.25, 0.3) is 0 Å². The molecule has 31 heavy (non-hydrogen) atoms. The SMILES string of the molecule is CCC(=O)N1CCCc2cc(C(O)CN3CCC(OCc4ccccc4)CC3)ccc21. The summed E-state index contributed by atoms with van der Waals surface area (Å²) < 4.78 is 6.09. The summed E-state index contributed by atoms with van der Waals surface area (Å²) in [5.74, 6) is 0.173. The summed E-state index contributed by atoms with van der Waals surface area (Å²) in [4.78, 5) is 16.5. The quantitative estimate of drug-likeness (QED) is 0.730. The van der Waals surface area contributed by atoms with Gasteiger partial charge in [0.05, 0.1) is 18.8 Å². The van der Waals surface area contributed by atoms with Crippen LogP contribution in [0.4, 0.5) is 5.69 Å². The summed E-state index contributed by atoms with van der Waals surface area (Å²) in [6.07, 6.45) is 4.25. The van der Waals surface area contributed by atoms with Gasteiger partial charge in [-0.15, -0.1) is 0 Å². The number of benzene rings is 2. The van der Waals surface area contributed by atoms with Gasteiger partial charge in [-0.3, -0.25) is 4.79 Å². The molecule has 2 heterocycles. The average molecular weight is 423 g/mol. The van der Waals surface area contributed by atoms with E-state index in [9.17, 15) is 9.90 Å². The lowest BCUT2D eigenvalue weighted by Crippen LogP contribution is -2.39. The van der Waals surface area contributed by atoms with Gasteiger partial charge >= 0.3 is 0 Å². The Morgan fingerprint density at radius 3 is 2.65 bits per heavy atom. The number of ether oxygens (including phenoxy) is 1. The van der Waals surface area contributed by atoms with Crippen LogP contribution in [0.3, 0.4) is 0 Å². The van der Waals surface area contributed by atoms with Crippen LogP contribution in [0.1, 0.15) is 55.4 Å². The molecule has 2 aliphatic heterocycles. The summed E-state index contributed by atoms with van der Waals surface area (Å²) >= 11 is 0. The Bertz CT molecular complexity index is 862. The number of fused-ring (bicyclic) bond motifs is 1. The normalized spacial score (nSPS) is 18.6. The molecule has 0 saturated carbocycles. The number of rotatable bonds is 7.